The number of para-hydroxylation sites is 1. The third-order valence-corrected chi connectivity index (χ3v) is 10.4. The summed E-state index contributed by atoms with van der Waals surface area (Å²) in [5, 5.41) is 6.99. The van der Waals surface area contributed by atoms with Crippen LogP contribution in [0.2, 0.25) is 5.02 Å². The van der Waals surface area contributed by atoms with Gasteiger partial charge in [-0.2, -0.15) is 13.2 Å². The molecule has 6 rings (SSSR count). The summed E-state index contributed by atoms with van der Waals surface area (Å²) in [4.78, 5) is 9.15. The number of nitrogens with one attached hydrogen (secondary N) is 2. The van der Waals surface area contributed by atoms with Crippen molar-refractivity contribution in [2.75, 3.05) is 5.32 Å². The Morgan fingerprint density at radius 3 is 2.38 bits per heavy atom. The number of alkyl halides is 3. The number of hydrogen-bond donors (Lipinski definition) is 2. The van der Waals surface area contributed by atoms with Crippen molar-refractivity contribution >= 4 is 54.4 Å². The zero-order valence-electron chi connectivity index (χ0n) is 23.7. The SMILES string of the molecule is O=S(=O)(c1ccccc1)n1cc(-c2nc(N[C@@H]3CCC[C@H](NC(c4ccc(Br)cc4)C(F)(F)F)C3)ncc2Cl)c2ccccc21. The lowest BCUT2D eigenvalue weighted by Gasteiger charge is -2.34. The fraction of sp³-hybridized carbons (Fsp3) is 0.250. The maximum Gasteiger partial charge on any atom is 0.407 e. The third kappa shape index (κ3) is 6.74. The van der Waals surface area contributed by atoms with Crippen molar-refractivity contribution < 1.29 is 21.6 Å². The fourth-order valence-electron chi connectivity index (χ4n) is 5.79. The first-order chi connectivity index (χ1) is 21.5. The number of rotatable bonds is 8. The summed E-state index contributed by atoms with van der Waals surface area (Å²) in [5.41, 5.74) is 1.46. The Bertz CT molecular complexity index is 1920. The Morgan fingerprint density at radius 1 is 0.956 bits per heavy atom. The van der Waals surface area contributed by atoms with Crippen molar-refractivity contribution in [2.24, 2.45) is 0 Å². The van der Waals surface area contributed by atoms with Gasteiger partial charge in [-0.15, -0.1) is 0 Å². The largest absolute Gasteiger partial charge is 0.407 e. The van der Waals surface area contributed by atoms with E-state index in [2.05, 4.69) is 36.5 Å². The Labute approximate surface area is 272 Å². The van der Waals surface area contributed by atoms with Crippen LogP contribution in [0.3, 0.4) is 0 Å². The molecule has 5 aromatic rings. The monoisotopic (exact) mass is 717 g/mol. The topological polar surface area (TPSA) is 88.9 Å². The van der Waals surface area contributed by atoms with Gasteiger partial charge in [0.1, 0.15) is 6.04 Å². The molecule has 234 valence electrons. The molecule has 2 heterocycles. The van der Waals surface area contributed by atoms with Gasteiger partial charge in [-0.1, -0.05) is 76.1 Å². The van der Waals surface area contributed by atoms with Crippen LogP contribution in [-0.2, 0) is 10.0 Å². The quantitative estimate of drug-likeness (QED) is 0.168. The lowest BCUT2D eigenvalue weighted by Crippen LogP contribution is -2.45. The summed E-state index contributed by atoms with van der Waals surface area (Å²) in [6.45, 7) is 0. The first-order valence-corrected chi connectivity index (χ1v) is 16.9. The van der Waals surface area contributed by atoms with Gasteiger partial charge in [-0.05, 0) is 61.6 Å². The molecule has 1 fully saturated rings. The van der Waals surface area contributed by atoms with Crippen molar-refractivity contribution in [1.29, 1.82) is 0 Å². The van der Waals surface area contributed by atoms with E-state index in [0.29, 0.717) is 45.9 Å². The summed E-state index contributed by atoms with van der Waals surface area (Å²) in [5.74, 6) is 0.253. The summed E-state index contributed by atoms with van der Waals surface area (Å²) >= 11 is 9.86. The van der Waals surface area contributed by atoms with E-state index in [1.54, 1.807) is 54.6 Å². The molecule has 0 aliphatic heterocycles. The third-order valence-electron chi connectivity index (χ3n) is 7.92. The van der Waals surface area contributed by atoms with Crippen LogP contribution in [0.4, 0.5) is 19.1 Å². The molecule has 3 atom stereocenters. The van der Waals surface area contributed by atoms with Crippen molar-refractivity contribution in [3.05, 3.63) is 106 Å². The van der Waals surface area contributed by atoms with E-state index < -0.39 is 22.2 Å². The smallest absolute Gasteiger partial charge is 0.351 e. The average Bonchev–Trinajstić information content (AvgIpc) is 3.42. The molecule has 0 bridgehead atoms. The van der Waals surface area contributed by atoms with E-state index in [-0.39, 0.29) is 33.5 Å². The van der Waals surface area contributed by atoms with Gasteiger partial charge >= 0.3 is 6.18 Å². The van der Waals surface area contributed by atoms with Crippen molar-refractivity contribution in [1.82, 2.24) is 19.3 Å². The highest BCUT2D eigenvalue weighted by atomic mass is 79.9. The van der Waals surface area contributed by atoms with Crippen LogP contribution in [0.15, 0.2) is 101 Å². The number of fused-ring (bicyclic) bond motifs is 1. The highest BCUT2D eigenvalue weighted by molar-refractivity contribution is 9.10. The van der Waals surface area contributed by atoms with Crippen LogP contribution >= 0.6 is 27.5 Å². The molecule has 2 aromatic heterocycles. The molecule has 0 saturated heterocycles. The summed E-state index contributed by atoms with van der Waals surface area (Å²) in [7, 11) is -3.92. The second-order valence-corrected chi connectivity index (χ2v) is 14.1. The van der Waals surface area contributed by atoms with Gasteiger partial charge < -0.3 is 5.32 Å². The molecule has 1 aliphatic carbocycles. The maximum absolute atomic E-state index is 14.1. The molecular weight excluding hydrogens is 691 g/mol. The van der Waals surface area contributed by atoms with E-state index in [9.17, 15) is 21.6 Å². The standard InChI is InChI=1S/C32H28BrClF3N5O2S/c33-21-15-13-20(14-16-21)30(32(35,36)37)39-22-7-6-8-23(17-22)40-31-38-18-27(34)29(41-31)26-19-42(28-12-5-4-11-25(26)28)45(43,44)24-9-2-1-3-10-24/h1-5,9-16,18-19,22-23,30,39H,6-8,17H2,(H,38,40,41)/t22-,23+,30?/m0/s1. The molecule has 1 aliphatic rings. The molecular formula is C32H28BrClF3N5O2S. The van der Waals surface area contributed by atoms with E-state index in [1.807, 2.05) is 0 Å². The van der Waals surface area contributed by atoms with Gasteiger partial charge in [-0.25, -0.2) is 22.4 Å². The number of aromatic nitrogens is 3. The van der Waals surface area contributed by atoms with Gasteiger partial charge in [0.25, 0.3) is 10.0 Å². The summed E-state index contributed by atoms with van der Waals surface area (Å²) in [6.07, 6.45) is 0.952. The Kier molecular flexibility index (Phi) is 8.93. The van der Waals surface area contributed by atoms with Crippen LogP contribution in [0.5, 0.6) is 0 Å². The van der Waals surface area contributed by atoms with Gasteiger partial charge in [0.05, 0.1) is 27.3 Å². The van der Waals surface area contributed by atoms with E-state index >= 15 is 0 Å². The summed E-state index contributed by atoms with van der Waals surface area (Å²) < 4.78 is 71.3. The second-order valence-electron chi connectivity index (χ2n) is 11.0. The van der Waals surface area contributed by atoms with Crippen LogP contribution in [0.1, 0.15) is 37.3 Å². The Balaban J connectivity index is 1.26. The molecule has 0 amide bonds. The minimum absolute atomic E-state index is 0.141. The van der Waals surface area contributed by atoms with Crippen molar-refractivity contribution in [2.45, 2.75) is 54.9 Å². The predicted octanol–water partition coefficient (Wildman–Crippen LogP) is 8.37. The number of halogens is 5. The first-order valence-electron chi connectivity index (χ1n) is 14.3. The summed E-state index contributed by atoms with van der Waals surface area (Å²) in [6, 6.07) is 19.0. The first kappa shape index (κ1) is 31.5. The van der Waals surface area contributed by atoms with E-state index in [1.165, 1.54) is 40.6 Å². The molecule has 3 aromatic carbocycles. The number of nitrogens with zero attached hydrogens (tertiary/aromatic N) is 3. The Morgan fingerprint density at radius 2 is 1.64 bits per heavy atom. The minimum Gasteiger partial charge on any atom is -0.351 e. The highest BCUT2D eigenvalue weighted by Crippen LogP contribution is 2.37. The van der Waals surface area contributed by atoms with Crippen LogP contribution < -0.4 is 10.6 Å². The normalized spacial score (nSPS) is 18.2. The second kappa shape index (κ2) is 12.7. The van der Waals surface area contributed by atoms with Gasteiger partial charge in [0.2, 0.25) is 5.95 Å². The Hall–Kier alpha value is -3.45. The molecule has 7 nitrogen and oxygen atoms in total. The lowest BCUT2D eigenvalue weighted by molar-refractivity contribution is -0.160. The van der Waals surface area contributed by atoms with Gasteiger partial charge in [-0.3, -0.25) is 5.32 Å². The minimum atomic E-state index is -4.46. The van der Waals surface area contributed by atoms with E-state index in [0.717, 1.165) is 6.42 Å². The molecule has 13 heteroatoms. The average molecular weight is 719 g/mol. The zero-order chi connectivity index (χ0) is 31.8. The highest BCUT2D eigenvalue weighted by Gasteiger charge is 2.42. The van der Waals surface area contributed by atoms with E-state index in [4.69, 9.17) is 11.6 Å². The van der Waals surface area contributed by atoms with Crippen LogP contribution in [0, 0.1) is 0 Å². The lowest BCUT2D eigenvalue weighted by atomic mass is 9.90. The van der Waals surface area contributed by atoms with Crippen molar-refractivity contribution in [3.63, 3.8) is 0 Å². The van der Waals surface area contributed by atoms with Crippen LogP contribution in [-0.4, -0.2) is 40.6 Å². The number of anilines is 1. The van der Waals surface area contributed by atoms with Gasteiger partial charge in [0, 0.05) is 33.7 Å². The molecule has 1 unspecified atom stereocenters. The fourth-order valence-corrected chi connectivity index (χ4v) is 7.64. The number of hydrogen-bond acceptors (Lipinski definition) is 6. The predicted molar refractivity (Wildman–Crippen MR) is 173 cm³/mol. The van der Waals surface area contributed by atoms with Gasteiger partial charge in [0.15, 0.2) is 0 Å². The molecule has 2 N–H and O–H groups in total. The molecule has 0 spiro atoms. The number of benzene rings is 3. The zero-order valence-corrected chi connectivity index (χ0v) is 26.8. The van der Waals surface area contributed by atoms with Crippen LogP contribution in [0.25, 0.3) is 22.2 Å². The van der Waals surface area contributed by atoms with Crippen molar-refractivity contribution in [3.8, 4) is 11.3 Å². The molecule has 1 saturated carbocycles. The molecule has 0 radical (unpaired) electrons. The maximum atomic E-state index is 14.1. The molecule has 45 heavy (non-hydrogen) atoms.